The molecule has 208 valence electrons. The van der Waals surface area contributed by atoms with Gasteiger partial charge in [-0.15, -0.1) is 0 Å². The minimum absolute atomic E-state index is 0.0391. The monoisotopic (exact) mass is 589 g/mol. The van der Waals surface area contributed by atoms with Gasteiger partial charge in [0.1, 0.15) is 12.6 Å². The molecule has 0 aliphatic heterocycles. The van der Waals surface area contributed by atoms with E-state index in [1.54, 1.807) is 62.4 Å². The summed E-state index contributed by atoms with van der Waals surface area (Å²) in [6, 6.07) is 17.5. The summed E-state index contributed by atoms with van der Waals surface area (Å²) in [5.41, 5.74) is 2.67. The lowest BCUT2D eigenvalue weighted by molar-refractivity contribution is -0.140. The van der Waals surface area contributed by atoms with Crippen LogP contribution >= 0.6 is 23.2 Å². The number of carbonyl (C=O) groups is 2. The van der Waals surface area contributed by atoms with Crippen molar-refractivity contribution in [1.29, 1.82) is 0 Å². The molecule has 1 atom stereocenters. The van der Waals surface area contributed by atoms with E-state index in [-0.39, 0.29) is 17.3 Å². The van der Waals surface area contributed by atoms with E-state index in [4.69, 9.17) is 23.2 Å². The van der Waals surface area contributed by atoms with E-state index in [9.17, 15) is 18.0 Å². The van der Waals surface area contributed by atoms with Crippen molar-refractivity contribution >= 4 is 50.7 Å². The Labute approximate surface area is 240 Å². The first-order chi connectivity index (χ1) is 18.5. The average molecular weight is 591 g/mol. The van der Waals surface area contributed by atoms with E-state index >= 15 is 0 Å². The van der Waals surface area contributed by atoms with Crippen molar-refractivity contribution in [3.05, 3.63) is 93.5 Å². The van der Waals surface area contributed by atoms with Gasteiger partial charge in [0.15, 0.2) is 0 Å². The van der Waals surface area contributed by atoms with Gasteiger partial charge >= 0.3 is 0 Å². The van der Waals surface area contributed by atoms with Crippen LogP contribution in [0.15, 0.2) is 71.6 Å². The Morgan fingerprint density at radius 1 is 0.923 bits per heavy atom. The number of halogens is 2. The molecule has 0 heterocycles. The van der Waals surface area contributed by atoms with Crippen molar-refractivity contribution in [1.82, 2.24) is 10.2 Å². The molecule has 2 amide bonds. The summed E-state index contributed by atoms with van der Waals surface area (Å²) < 4.78 is 29.0. The van der Waals surface area contributed by atoms with Gasteiger partial charge in [-0.25, -0.2) is 8.42 Å². The van der Waals surface area contributed by atoms with Crippen molar-refractivity contribution in [2.24, 2.45) is 0 Å². The Balaban J connectivity index is 2.10. The second-order valence-corrected chi connectivity index (χ2v) is 11.8. The molecule has 39 heavy (non-hydrogen) atoms. The van der Waals surface area contributed by atoms with Gasteiger partial charge in [0.2, 0.25) is 11.8 Å². The SMILES string of the molecule is CCNC(=O)[C@@H](CC)N(Cc1ccc(Cl)c(Cl)c1)C(=O)CN(c1cccc(C)c1C)S(=O)(=O)c1ccccc1. The number of nitrogens with one attached hydrogen (secondary N) is 1. The van der Waals surface area contributed by atoms with Crippen LogP contribution in [0.2, 0.25) is 10.0 Å². The van der Waals surface area contributed by atoms with Crippen LogP contribution in [0.3, 0.4) is 0 Å². The highest BCUT2D eigenvalue weighted by Crippen LogP contribution is 2.29. The van der Waals surface area contributed by atoms with E-state index in [2.05, 4.69) is 5.32 Å². The maximum absolute atomic E-state index is 14.0. The summed E-state index contributed by atoms with van der Waals surface area (Å²) in [4.78, 5) is 28.5. The highest BCUT2D eigenvalue weighted by Gasteiger charge is 2.34. The molecule has 0 saturated heterocycles. The molecule has 3 aromatic rings. The topological polar surface area (TPSA) is 86.8 Å². The first kappa shape index (κ1) is 30.5. The summed E-state index contributed by atoms with van der Waals surface area (Å²) >= 11 is 12.3. The summed E-state index contributed by atoms with van der Waals surface area (Å²) in [5.74, 6) is -0.850. The molecule has 0 saturated carbocycles. The van der Waals surface area contributed by atoms with Gasteiger partial charge in [-0.05, 0) is 74.2 Å². The van der Waals surface area contributed by atoms with Gasteiger partial charge in [0.25, 0.3) is 10.0 Å². The molecule has 0 aliphatic carbocycles. The fourth-order valence-electron chi connectivity index (χ4n) is 4.29. The summed E-state index contributed by atoms with van der Waals surface area (Å²) in [5, 5.41) is 3.46. The number of amides is 2. The quantitative estimate of drug-likeness (QED) is 0.308. The van der Waals surface area contributed by atoms with Gasteiger partial charge in [-0.1, -0.05) is 66.5 Å². The lowest BCUT2D eigenvalue weighted by atomic mass is 10.1. The highest BCUT2D eigenvalue weighted by atomic mass is 35.5. The normalized spacial score (nSPS) is 12.1. The first-order valence-corrected chi connectivity index (χ1v) is 14.9. The zero-order valence-corrected chi connectivity index (χ0v) is 24.8. The Kier molecular flexibility index (Phi) is 10.4. The molecular weight excluding hydrogens is 557 g/mol. The zero-order valence-electron chi connectivity index (χ0n) is 22.4. The molecule has 3 rings (SSSR count). The standard InChI is InChI=1S/C29H33Cl2N3O4S/c1-5-26(29(36)32-6-2)33(18-22-15-16-24(30)25(31)17-22)28(35)19-34(27-14-10-11-20(3)21(27)4)39(37,38)23-12-8-7-9-13-23/h7-17,26H,5-6,18-19H2,1-4H3,(H,32,36)/t26-/m1/s1. The summed E-state index contributed by atoms with van der Waals surface area (Å²) in [6.07, 6.45) is 0.327. The van der Waals surface area contributed by atoms with Crippen LogP contribution in [0.1, 0.15) is 37.0 Å². The smallest absolute Gasteiger partial charge is 0.264 e. The molecule has 0 aliphatic rings. The Hall–Kier alpha value is -3.07. The van der Waals surface area contributed by atoms with E-state index < -0.39 is 28.5 Å². The first-order valence-electron chi connectivity index (χ1n) is 12.7. The molecule has 3 aromatic carbocycles. The van der Waals surface area contributed by atoms with Gasteiger partial charge in [-0.2, -0.15) is 0 Å². The fraction of sp³-hybridized carbons (Fsp3) is 0.310. The Bertz CT molecular complexity index is 1430. The number of rotatable bonds is 11. The van der Waals surface area contributed by atoms with Gasteiger partial charge in [-0.3, -0.25) is 13.9 Å². The van der Waals surface area contributed by atoms with Crippen molar-refractivity contribution in [3.8, 4) is 0 Å². The minimum atomic E-state index is -4.12. The van der Waals surface area contributed by atoms with E-state index in [1.165, 1.54) is 17.0 Å². The molecule has 10 heteroatoms. The molecule has 0 aromatic heterocycles. The number of sulfonamides is 1. The maximum Gasteiger partial charge on any atom is 0.264 e. The number of hydrogen-bond donors (Lipinski definition) is 1. The van der Waals surface area contributed by atoms with Crippen LogP contribution in [0.4, 0.5) is 5.69 Å². The van der Waals surface area contributed by atoms with Crippen LogP contribution in [0.25, 0.3) is 0 Å². The van der Waals surface area contributed by atoms with Crippen LogP contribution in [0.5, 0.6) is 0 Å². The average Bonchev–Trinajstić information content (AvgIpc) is 2.91. The molecule has 1 N–H and O–H groups in total. The number of hydrogen-bond acceptors (Lipinski definition) is 4. The van der Waals surface area contributed by atoms with E-state index in [0.717, 1.165) is 15.4 Å². The predicted molar refractivity (Wildman–Crippen MR) is 157 cm³/mol. The number of likely N-dealkylation sites (N-methyl/N-ethyl adjacent to an activating group) is 1. The lowest BCUT2D eigenvalue weighted by Gasteiger charge is -2.33. The van der Waals surface area contributed by atoms with Crippen molar-refractivity contribution < 1.29 is 18.0 Å². The lowest BCUT2D eigenvalue weighted by Crippen LogP contribution is -2.52. The van der Waals surface area contributed by atoms with Crippen LogP contribution < -0.4 is 9.62 Å². The third-order valence-electron chi connectivity index (χ3n) is 6.53. The predicted octanol–water partition coefficient (Wildman–Crippen LogP) is 5.75. The van der Waals surface area contributed by atoms with Gasteiger partial charge in [0, 0.05) is 13.1 Å². The molecule has 0 fully saturated rings. The molecule has 0 spiro atoms. The van der Waals surface area contributed by atoms with E-state index in [0.29, 0.717) is 34.3 Å². The van der Waals surface area contributed by atoms with E-state index in [1.807, 2.05) is 19.9 Å². The maximum atomic E-state index is 14.0. The number of anilines is 1. The molecule has 0 bridgehead atoms. The van der Waals surface area contributed by atoms with Gasteiger partial charge in [0.05, 0.1) is 20.6 Å². The molecular formula is C29H33Cl2N3O4S. The van der Waals surface area contributed by atoms with Crippen LogP contribution in [0, 0.1) is 13.8 Å². The third kappa shape index (κ3) is 7.12. The second-order valence-electron chi connectivity index (χ2n) is 9.13. The third-order valence-corrected chi connectivity index (χ3v) is 9.04. The molecule has 7 nitrogen and oxygen atoms in total. The highest BCUT2D eigenvalue weighted by molar-refractivity contribution is 7.92. The molecule has 0 radical (unpaired) electrons. The number of aryl methyl sites for hydroxylation is 1. The van der Waals surface area contributed by atoms with Crippen LogP contribution in [-0.4, -0.2) is 44.3 Å². The Morgan fingerprint density at radius 2 is 1.62 bits per heavy atom. The minimum Gasteiger partial charge on any atom is -0.355 e. The van der Waals surface area contributed by atoms with Crippen LogP contribution in [-0.2, 0) is 26.2 Å². The fourth-order valence-corrected chi connectivity index (χ4v) is 6.10. The van der Waals surface area contributed by atoms with Crippen molar-refractivity contribution in [3.63, 3.8) is 0 Å². The zero-order chi connectivity index (χ0) is 28.7. The van der Waals surface area contributed by atoms with Crippen molar-refractivity contribution in [2.45, 2.75) is 51.6 Å². The Morgan fingerprint density at radius 3 is 2.23 bits per heavy atom. The number of carbonyl (C=O) groups excluding carboxylic acids is 2. The largest absolute Gasteiger partial charge is 0.355 e. The van der Waals surface area contributed by atoms with Gasteiger partial charge < -0.3 is 10.2 Å². The second kappa shape index (κ2) is 13.3. The summed E-state index contributed by atoms with van der Waals surface area (Å²) in [7, 11) is -4.12. The number of benzene rings is 3. The number of nitrogens with zero attached hydrogens (tertiary/aromatic N) is 2. The molecule has 0 unspecified atom stereocenters. The summed E-state index contributed by atoms with van der Waals surface area (Å²) in [6.45, 7) is 7.23. The van der Waals surface area contributed by atoms with Crippen molar-refractivity contribution in [2.75, 3.05) is 17.4 Å².